The van der Waals surface area contributed by atoms with E-state index in [1.807, 2.05) is 48.5 Å². The predicted molar refractivity (Wildman–Crippen MR) is 115 cm³/mol. The highest BCUT2D eigenvalue weighted by molar-refractivity contribution is 7.80. The quantitative estimate of drug-likeness (QED) is 0.256. The van der Waals surface area contributed by atoms with Crippen LogP contribution in [0.5, 0.6) is 11.5 Å². The average molecular weight is 421 g/mol. The van der Waals surface area contributed by atoms with E-state index >= 15 is 0 Å². The van der Waals surface area contributed by atoms with E-state index in [-0.39, 0.29) is 6.61 Å². The number of azo groups is 1. The maximum absolute atomic E-state index is 8.58. The lowest BCUT2D eigenvalue weighted by Gasteiger charge is -2.07. The molecular weight excluding hydrogens is 392 g/mol. The number of aliphatic hydroxyl groups excluding tert-OH is 1. The van der Waals surface area contributed by atoms with Crippen LogP contribution in [0, 0.1) is 0 Å². The number of nitrogens with zero attached hydrogens (tertiary/aromatic N) is 2. The van der Waals surface area contributed by atoms with Crippen LogP contribution >= 0.6 is 12.6 Å². The fourth-order valence-corrected chi connectivity index (χ4v) is 2.32. The predicted octanol–water partition coefficient (Wildman–Crippen LogP) is 4.21. The zero-order valence-corrected chi connectivity index (χ0v) is 17.3. The Morgan fingerprint density at radius 1 is 0.655 bits per heavy atom. The van der Waals surface area contributed by atoms with Gasteiger partial charge in [0, 0.05) is 0 Å². The Kier molecular flexibility index (Phi) is 11.8. The number of ether oxygens (including phenoxy) is 4. The number of benzene rings is 2. The van der Waals surface area contributed by atoms with Crippen LogP contribution in [0.3, 0.4) is 0 Å². The van der Waals surface area contributed by atoms with Gasteiger partial charge in [-0.2, -0.15) is 22.9 Å². The van der Waals surface area contributed by atoms with Crippen LogP contribution in [-0.2, 0) is 9.47 Å². The van der Waals surface area contributed by atoms with Gasteiger partial charge in [-0.15, -0.1) is 0 Å². The highest BCUT2D eigenvalue weighted by Crippen LogP contribution is 2.23. The molecule has 7 nitrogen and oxygen atoms in total. The summed E-state index contributed by atoms with van der Waals surface area (Å²) < 4.78 is 21.7. The molecule has 0 bridgehead atoms. The first kappa shape index (κ1) is 23.2. The molecule has 0 atom stereocenters. The summed E-state index contributed by atoms with van der Waals surface area (Å²) >= 11 is 4.16. The molecule has 8 heteroatoms. The van der Waals surface area contributed by atoms with Crippen molar-refractivity contribution in [2.24, 2.45) is 10.2 Å². The zero-order valence-electron chi connectivity index (χ0n) is 16.4. The fraction of sp³-hybridized carbons (Fsp3) is 0.429. The van der Waals surface area contributed by atoms with Crippen LogP contribution in [0.25, 0.3) is 0 Å². The van der Waals surface area contributed by atoms with E-state index in [9.17, 15) is 0 Å². The minimum Gasteiger partial charge on any atom is -0.494 e. The number of hydrogen-bond donors (Lipinski definition) is 2. The molecule has 0 radical (unpaired) electrons. The van der Waals surface area contributed by atoms with E-state index in [2.05, 4.69) is 22.9 Å². The maximum Gasteiger partial charge on any atom is 0.119 e. The highest BCUT2D eigenvalue weighted by atomic mass is 32.1. The molecular formula is C21H28N2O5S. The van der Waals surface area contributed by atoms with Crippen molar-refractivity contribution in [2.45, 2.75) is 6.42 Å². The van der Waals surface area contributed by atoms with Gasteiger partial charge >= 0.3 is 0 Å². The summed E-state index contributed by atoms with van der Waals surface area (Å²) in [5.41, 5.74) is 1.50. The van der Waals surface area contributed by atoms with E-state index in [1.165, 1.54) is 0 Å². The van der Waals surface area contributed by atoms with Crippen molar-refractivity contribution in [3.05, 3.63) is 48.5 Å². The molecule has 0 heterocycles. The van der Waals surface area contributed by atoms with Crippen molar-refractivity contribution in [2.75, 3.05) is 52.0 Å². The Balaban J connectivity index is 1.67. The highest BCUT2D eigenvalue weighted by Gasteiger charge is 1.97. The first-order valence-corrected chi connectivity index (χ1v) is 10.2. The summed E-state index contributed by atoms with van der Waals surface area (Å²) in [6.45, 7) is 2.87. The van der Waals surface area contributed by atoms with Crippen LogP contribution in [0.1, 0.15) is 6.42 Å². The Bertz CT molecular complexity index is 695. The lowest BCUT2D eigenvalue weighted by Crippen LogP contribution is -2.11. The molecule has 29 heavy (non-hydrogen) atoms. The molecule has 0 aliphatic carbocycles. The van der Waals surface area contributed by atoms with Gasteiger partial charge in [0.05, 0.1) is 51.0 Å². The van der Waals surface area contributed by atoms with Gasteiger partial charge < -0.3 is 24.1 Å². The molecule has 0 fully saturated rings. The van der Waals surface area contributed by atoms with E-state index in [0.717, 1.165) is 35.0 Å². The standard InChI is InChI=1S/C21H28N2O5S/c24-10-12-25-13-14-26-15-16-28-21-8-4-19(5-9-21)23-22-18-2-6-20(7-3-18)27-11-1-17-29/h2-9,24,29H,1,10-17H2. The molecule has 2 aromatic carbocycles. The second-order valence-corrected chi connectivity index (χ2v) is 6.36. The third-order valence-corrected chi connectivity index (χ3v) is 3.95. The van der Waals surface area contributed by atoms with Crippen molar-refractivity contribution in [3.63, 3.8) is 0 Å². The second-order valence-electron chi connectivity index (χ2n) is 5.91. The topological polar surface area (TPSA) is 81.9 Å². The van der Waals surface area contributed by atoms with Gasteiger partial charge in [-0.25, -0.2) is 0 Å². The van der Waals surface area contributed by atoms with Crippen molar-refractivity contribution in [3.8, 4) is 11.5 Å². The largest absolute Gasteiger partial charge is 0.494 e. The molecule has 2 aromatic rings. The summed E-state index contributed by atoms with van der Waals surface area (Å²) in [4.78, 5) is 0. The molecule has 0 spiro atoms. The molecule has 1 N–H and O–H groups in total. The minimum absolute atomic E-state index is 0.0247. The molecule has 0 saturated heterocycles. The SMILES string of the molecule is OCCOCCOCCOc1ccc(N=Nc2ccc(OCCCS)cc2)cc1. The summed E-state index contributed by atoms with van der Waals surface area (Å²) in [6.07, 6.45) is 0.914. The first-order valence-electron chi connectivity index (χ1n) is 9.56. The lowest BCUT2D eigenvalue weighted by molar-refractivity contribution is 0.0247. The Morgan fingerprint density at radius 3 is 1.66 bits per heavy atom. The van der Waals surface area contributed by atoms with Crippen molar-refractivity contribution >= 4 is 24.0 Å². The van der Waals surface area contributed by atoms with Gasteiger partial charge in [0.25, 0.3) is 0 Å². The van der Waals surface area contributed by atoms with Crippen molar-refractivity contribution in [1.29, 1.82) is 0 Å². The molecule has 0 aliphatic heterocycles. The molecule has 0 unspecified atom stereocenters. The summed E-state index contributed by atoms with van der Waals surface area (Å²) in [5.74, 6) is 2.37. The maximum atomic E-state index is 8.58. The Labute approximate surface area is 177 Å². The number of thiol groups is 1. The summed E-state index contributed by atoms with van der Waals surface area (Å²) in [6, 6.07) is 14.9. The molecule has 0 saturated carbocycles. The van der Waals surface area contributed by atoms with E-state index in [1.54, 1.807) is 0 Å². The normalized spacial score (nSPS) is 11.1. The van der Waals surface area contributed by atoms with Gasteiger partial charge in [-0.3, -0.25) is 0 Å². The number of aliphatic hydroxyl groups is 1. The monoisotopic (exact) mass is 420 g/mol. The van der Waals surface area contributed by atoms with Gasteiger partial charge in [0.2, 0.25) is 0 Å². The van der Waals surface area contributed by atoms with Crippen molar-refractivity contribution < 1.29 is 24.1 Å². The minimum atomic E-state index is 0.0247. The van der Waals surface area contributed by atoms with E-state index in [0.29, 0.717) is 39.6 Å². The molecule has 0 amide bonds. The van der Waals surface area contributed by atoms with Crippen molar-refractivity contribution in [1.82, 2.24) is 0 Å². The van der Waals surface area contributed by atoms with Crippen LogP contribution in [0.4, 0.5) is 11.4 Å². The van der Waals surface area contributed by atoms with E-state index < -0.39 is 0 Å². The second kappa shape index (κ2) is 14.8. The Morgan fingerprint density at radius 2 is 1.14 bits per heavy atom. The third-order valence-electron chi connectivity index (χ3n) is 3.63. The van der Waals surface area contributed by atoms with Gasteiger partial charge in [-0.05, 0) is 60.7 Å². The first-order chi connectivity index (χ1) is 14.3. The fourth-order valence-electron chi connectivity index (χ4n) is 2.19. The van der Waals surface area contributed by atoms with Crippen LogP contribution < -0.4 is 9.47 Å². The molecule has 2 rings (SSSR count). The molecule has 0 aliphatic rings. The molecule has 0 aromatic heterocycles. The van der Waals surface area contributed by atoms with Gasteiger partial charge in [0.1, 0.15) is 18.1 Å². The number of hydrogen-bond acceptors (Lipinski definition) is 8. The number of rotatable bonds is 15. The van der Waals surface area contributed by atoms with Gasteiger partial charge in [-0.1, -0.05) is 0 Å². The summed E-state index contributed by atoms with van der Waals surface area (Å²) in [5, 5.41) is 17.0. The van der Waals surface area contributed by atoms with Crippen LogP contribution in [0.15, 0.2) is 58.8 Å². The average Bonchev–Trinajstić information content (AvgIpc) is 2.76. The third kappa shape index (κ3) is 10.3. The van der Waals surface area contributed by atoms with Crippen LogP contribution in [-0.4, -0.2) is 57.1 Å². The lowest BCUT2D eigenvalue weighted by atomic mass is 10.3. The Hall–Kier alpha value is -2.13. The van der Waals surface area contributed by atoms with Gasteiger partial charge in [0.15, 0.2) is 0 Å². The zero-order chi connectivity index (χ0) is 20.6. The molecule has 158 valence electrons. The van der Waals surface area contributed by atoms with Crippen LogP contribution in [0.2, 0.25) is 0 Å². The van der Waals surface area contributed by atoms with E-state index in [4.69, 9.17) is 24.1 Å². The smallest absolute Gasteiger partial charge is 0.119 e. The summed E-state index contributed by atoms with van der Waals surface area (Å²) in [7, 11) is 0.